The largest absolute Gasteiger partial charge is 0.455 e. The van der Waals surface area contributed by atoms with E-state index in [1.165, 1.54) is 6.92 Å². The van der Waals surface area contributed by atoms with Crippen LogP contribution in [0.1, 0.15) is 80.1 Å². The van der Waals surface area contributed by atoms with Crippen LogP contribution in [0.25, 0.3) is 0 Å². The maximum atomic E-state index is 12.6. The highest BCUT2D eigenvalue weighted by Crippen LogP contribution is 2.37. The van der Waals surface area contributed by atoms with Gasteiger partial charge in [0.2, 0.25) is 5.91 Å². The number of hydrogen-bond acceptors (Lipinski definition) is 8. The van der Waals surface area contributed by atoms with Gasteiger partial charge in [0.05, 0.1) is 42.5 Å². The van der Waals surface area contributed by atoms with E-state index in [4.69, 9.17) is 9.47 Å². The van der Waals surface area contributed by atoms with Crippen molar-refractivity contribution >= 4 is 11.9 Å². The molecule has 1 saturated heterocycles. The van der Waals surface area contributed by atoms with Crippen LogP contribution in [0.2, 0.25) is 0 Å². The molecule has 2 rings (SSSR count). The minimum absolute atomic E-state index is 0.00680. The van der Waals surface area contributed by atoms with E-state index in [1.54, 1.807) is 38.2 Å². The molecule has 0 aromatic heterocycles. The second-order valence-corrected chi connectivity index (χ2v) is 11.4. The molecular weight excluding hydrogens is 490 g/mol. The molecule has 2 heterocycles. The number of ether oxygens (including phenoxy) is 2. The molecular formula is C29H47NO8. The molecule has 0 saturated carbocycles. The van der Waals surface area contributed by atoms with E-state index >= 15 is 0 Å². The van der Waals surface area contributed by atoms with Crippen LogP contribution in [0.3, 0.4) is 0 Å². The third-order valence-corrected chi connectivity index (χ3v) is 7.47. The van der Waals surface area contributed by atoms with Crippen molar-refractivity contribution in [2.45, 2.75) is 128 Å². The van der Waals surface area contributed by atoms with Crippen LogP contribution < -0.4 is 5.32 Å². The van der Waals surface area contributed by atoms with Gasteiger partial charge in [-0.1, -0.05) is 43.7 Å². The van der Waals surface area contributed by atoms with Crippen molar-refractivity contribution in [3.8, 4) is 0 Å². The molecule has 1 amide bonds. The first-order chi connectivity index (χ1) is 17.6. The minimum atomic E-state index is -1.40. The number of aliphatic hydroxyl groups excluding tert-OH is 2. The van der Waals surface area contributed by atoms with E-state index in [0.29, 0.717) is 19.3 Å². The van der Waals surface area contributed by atoms with Crippen molar-refractivity contribution in [1.82, 2.24) is 5.32 Å². The Morgan fingerprint density at radius 1 is 1.39 bits per heavy atom. The Kier molecular flexibility index (Phi) is 11.7. The molecule has 0 aliphatic carbocycles. The smallest absolute Gasteiger partial charge is 0.303 e. The number of aliphatic hydroxyl groups is 4. The first kappa shape index (κ1) is 32.2. The lowest BCUT2D eigenvalue weighted by atomic mass is 9.89. The molecule has 2 aliphatic heterocycles. The summed E-state index contributed by atoms with van der Waals surface area (Å²) in [7, 11) is 0. The van der Waals surface area contributed by atoms with Gasteiger partial charge in [0, 0.05) is 19.3 Å². The summed E-state index contributed by atoms with van der Waals surface area (Å²) in [6, 6.07) is -0.407. The quantitative estimate of drug-likeness (QED) is 0.130. The van der Waals surface area contributed by atoms with E-state index < -0.39 is 41.5 Å². The predicted molar refractivity (Wildman–Crippen MR) is 144 cm³/mol. The lowest BCUT2D eigenvalue weighted by molar-refractivity contribution is -0.156. The summed E-state index contributed by atoms with van der Waals surface area (Å²) in [4.78, 5) is 24.2. The number of nitrogens with one attached hydrogen (secondary N) is 1. The summed E-state index contributed by atoms with van der Waals surface area (Å²) in [5.41, 5.74) is -1.70. The van der Waals surface area contributed by atoms with E-state index in [0.717, 1.165) is 5.57 Å². The Morgan fingerprint density at radius 3 is 2.71 bits per heavy atom. The lowest BCUT2D eigenvalue weighted by Gasteiger charge is -2.31. The maximum absolute atomic E-state index is 12.6. The topological polar surface area (TPSA) is 149 Å². The molecule has 0 radical (unpaired) electrons. The fraction of sp³-hybridized carbons (Fsp3) is 0.724. The SMILES string of the molecule is CC[C@H](O)[C@@H](C)[C@H]1O[C@@H]1C[C@@](C)(O)/C=C/C=C(\C)[C@@H]1C/C=C/[C@H](OC(C)=O)[C@](C)(O)CC[C@@H](O)CC(=O)N1. The van der Waals surface area contributed by atoms with Gasteiger partial charge < -0.3 is 35.2 Å². The average Bonchev–Trinajstić information content (AvgIpc) is 3.57. The molecule has 0 aromatic rings. The van der Waals surface area contributed by atoms with Crippen molar-refractivity contribution in [1.29, 1.82) is 0 Å². The van der Waals surface area contributed by atoms with Gasteiger partial charge in [0.1, 0.15) is 11.7 Å². The summed E-state index contributed by atoms with van der Waals surface area (Å²) in [5, 5.41) is 45.0. The normalized spacial score (nSPS) is 35.3. The van der Waals surface area contributed by atoms with Gasteiger partial charge in [-0.05, 0) is 52.5 Å². The van der Waals surface area contributed by atoms with Gasteiger partial charge in [-0.15, -0.1) is 0 Å². The van der Waals surface area contributed by atoms with Crippen LogP contribution in [-0.2, 0) is 19.1 Å². The molecule has 2 aliphatic rings. The fourth-order valence-corrected chi connectivity index (χ4v) is 4.79. The van der Waals surface area contributed by atoms with Crippen LogP contribution in [0.15, 0.2) is 36.0 Å². The van der Waals surface area contributed by atoms with Crippen LogP contribution in [0, 0.1) is 5.92 Å². The van der Waals surface area contributed by atoms with Crippen molar-refractivity contribution < 1.29 is 39.5 Å². The molecule has 9 atom stereocenters. The number of carbonyl (C=O) groups excluding carboxylic acids is 2. The number of esters is 1. The molecule has 9 nitrogen and oxygen atoms in total. The highest BCUT2D eigenvalue weighted by molar-refractivity contribution is 5.77. The third kappa shape index (κ3) is 10.3. The number of carbonyl (C=O) groups is 2. The monoisotopic (exact) mass is 537 g/mol. The summed E-state index contributed by atoms with van der Waals surface area (Å²) < 4.78 is 11.0. The van der Waals surface area contributed by atoms with Gasteiger partial charge in [0.15, 0.2) is 0 Å². The number of amides is 1. The molecule has 0 bridgehead atoms. The molecule has 5 N–H and O–H groups in total. The molecule has 38 heavy (non-hydrogen) atoms. The molecule has 216 valence electrons. The molecule has 1 fully saturated rings. The Morgan fingerprint density at radius 2 is 2.08 bits per heavy atom. The standard InChI is InChI=1S/C29H47NO8/c1-7-23(33)19(3)27-24(38-27)17-28(5,35)14-9-10-18(2)22-11-8-12-25(37-20(4)31)29(6,36)15-13-21(32)16-26(34)30-22/h8-10,12,14,19,21-25,27,32-33,35-36H,7,11,13,15-17H2,1-6H3,(H,30,34)/b12-8+,14-9+,18-10+/t19-,21-,22+,23+,24-,25+,27-,28+,29-/m1/s1. The Hall–Kier alpha value is -2.04. The van der Waals surface area contributed by atoms with Crippen molar-refractivity contribution in [3.05, 3.63) is 36.0 Å². The van der Waals surface area contributed by atoms with Gasteiger partial charge in [-0.3, -0.25) is 9.59 Å². The third-order valence-electron chi connectivity index (χ3n) is 7.47. The first-order valence-electron chi connectivity index (χ1n) is 13.6. The van der Waals surface area contributed by atoms with Gasteiger partial charge in [0.25, 0.3) is 0 Å². The zero-order chi connectivity index (χ0) is 28.7. The average molecular weight is 538 g/mol. The maximum Gasteiger partial charge on any atom is 0.303 e. The highest BCUT2D eigenvalue weighted by atomic mass is 16.6. The van der Waals surface area contributed by atoms with Crippen LogP contribution in [0.4, 0.5) is 0 Å². The van der Waals surface area contributed by atoms with Crippen molar-refractivity contribution in [3.63, 3.8) is 0 Å². The van der Waals surface area contributed by atoms with Crippen LogP contribution in [0.5, 0.6) is 0 Å². The zero-order valence-electron chi connectivity index (χ0n) is 23.6. The van der Waals surface area contributed by atoms with E-state index in [9.17, 15) is 30.0 Å². The van der Waals surface area contributed by atoms with Crippen LogP contribution in [-0.4, -0.2) is 80.1 Å². The summed E-state index contributed by atoms with van der Waals surface area (Å²) in [6.45, 7) is 10.3. The Bertz CT molecular complexity index is 893. The second-order valence-electron chi connectivity index (χ2n) is 11.4. The number of rotatable bonds is 9. The molecule has 0 unspecified atom stereocenters. The van der Waals surface area contributed by atoms with Gasteiger partial charge in [-0.2, -0.15) is 0 Å². The van der Waals surface area contributed by atoms with E-state index in [1.807, 2.05) is 26.8 Å². The van der Waals surface area contributed by atoms with Crippen molar-refractivity contribution in [2.75, 3.05) is 0 Å². The number of allylic oxidation sites excluding steroid dienone is 2. The summed E-state index contributed by atoms with van der Waals surface area (Å²) in [5.74, 6) is -0.825. The highest BCUT2D eigenvalue weighted by Gasteiger charge is 2.47. The summed E-state index contributed by atoms with van der Waals surface area (Å²) in [6.07, 6.45) is 7.82. The fourth-order valence-electron chi connectivity index (χ4n) is 4.79. The predicted octanol–water partition coefficient (Wildman–Crippen LogP) is 2.46. The first-order valence-corrected chi connectivity index (χ1v) is 13.6. The molecule has 9 heteroatoms. The van der Waals surface area contributed by atoms with Gasteiger partial charge in [-0.25, -0.2) is 0 Å². The molecule has 0 spiro atoms. The second kappa shape index (κ2) is 13.8. The molecule has 0 aromatic carbocycles. The lowest BCUT2D eigenvalue weighted by Crippen LogP contribution is -2.43. The number of hydrogen-bond donors (Lipinski definition) is 5. The van der Waals surface area contributed by atoms with E-state index in [-0.39, 0.29) is 43.3 Å². The van der Waals surface area contributed by atoms with Gasteiger partial charge >= 0.3 is 5.97 Å². The zero-order valence-corrected chi connectivity index (χ0v) is 23.6. The Balaban J connectivity index is 2.11. The van der Waals surface area contributed by atoms with Crippen LogP contribution >= 0.6 is 0 Å². The minimum Gasteiger partial charge on any atom is -0.455 e. The summed E-state index contributed by atoms with van der Waals surface area (Å²) >= 11 is 0. The van der Waals surface area contributed by atoms with E-state index in [2.05, 4.69) is 5.32 Å². The Labute approximate surface area is 226 Å². The van der Waals surface area contributed by atoms with Crippen molar-refractivity contribution in [2.24, 2.45) is 5.92 Å². The number of epoxide rings is 1.